The summed E-state index contributed by atoms with van der Waals surface area (Å²) in [6.45, 7) is 0.0111. The van der Waals surface area contributed by atoms with E-state index in [4.69, 9.17) is 0 Å². The summed E-state index contributed by atoms with van der Waals surface area (Å²) >= 11 is 0. The number of hydrogen-bond acceptors (Lipinski definition) is 5. The van der Waals surface area contributed by atoms with Crippen molar-refractivity contribution in [3.63, 3.8) is 0 Å². The molecule has 0 bridgehead atoms. The summed E-state index contributed by atoms with van der Waals surface area (Å²) in [6.07, 6.45) is 1.41. The summed E-state index contributed by atoms with van der Waals surface area (Å²) in [4.78, 5) is 25.5. The number of benzene rings is 1. The smallest absolute Gasteiger partial charge is 0.312 e. The molecule has 0 spiro atoms. The van der Waals surface area contributed by atoms with Crippen LogP contribution in [-0.4, -0.2) is 27.5 Å². The summed E-state index contributed by atoms with van der Waals surface area (Å²) in [5, 5.41) is 22.9. The Labute approximate surface area is 120 Å². The molecule has 0 radical (unpaired) electrons. The van der Waals surface area contributed by atoms with Crippen molar-refractivity contribution >= 4 is 17.5 Å². The molecular formula is C14H13N3O4. The third-order valence-electron chi connectivity index (χ3n) is 2.96. The molecule has 7 heteroatoms. The highest BCUT2D eigenvalue weighted by Crippen LogP contribution is 2.22. The number of aliphatic carboxylic acids is 1. The molecule has 2 aromatic rings. The zero-order chi connectivity index (χ0) is 15.2. The molecule has 108 valence electrons. The van der Waals surface area contributed by atoms with E-state index in [1.807, 2.05) is 0 Å². The number of nitro groups is 1. The van der Waals surface area contributed by atoms with E-state index in [9.17, 15) is 20.0 Å². The number of pyridine rings is 1. The number of hydrogen-bond donors (Lipinski definition) is 2. The Morgan fingerprint density at radius 2 is 2.00 bits per heavy atom. The molecule has 0 saturated heterocycles. The largest absolute Gasteiger partial charge is 0.481 e. The highest BCUT2D eigenvalue weighted by molar-refractivity contribution is 5.77. The molecule has 7 nitrogen and oxygen atoms in total. The predicted molar refractivity (Wildman–Crippen MR) is 76.2 cm³/mol. The van der Waals surface area contributed by atoms with Crippen molar-refractivity contribution in [2.75, 3.05) is 11.9 Å². The van der Waals surface area contributed by atoms with Crippen LogP contribution in [0.15, 0.2) is 48.7 Å². The molecule has 0 saturated carbocycles. The monoisotopic (exact) mass is 287 g/mol. The van der Waals surface area contributed by atoms with E-state index < -0.39 is 16.8 Å². The van der Waals surface area contributed by atoms with Gasteiger partial charge in [0.1, 0.15) is 0 Å². The molecule has 1 atom stereocenters. The normalized spacial score (nSPS) is 11.6. The summed E-state index contributed by atoms with van der Waals surface area (Å²) < 4.78 is 0. The molecule has 0 amide bonds. The Morgan fingerprint density at radius 3 is 2.62 bits per heavy atom. The zero-order valence-electron chi connectivity index (χ0n) is 11.0. The van der Waals surface area contributed by atoms with Crippen molar-refractivity contribution in [3.8, 4) is 0 Å². The summed E-state index contributed by atoms with van der Waals surface area (Å²) in [5.41, 5.74) is 0.436. The van der Waals surface area contributed by atoms with Crippen LogP contribution in [0, 0.1) is 10.1 Å². The number of rotatable bonds is 6. The van der Waals surface area contributed by atoms with Crippen LogP contribution in [0.25, 0.3) is 0 Å². The lowest BCUT2D eigenvalue weighted by Gasteiger charge is -2.14. The van der Waals surface area contributed by atoms with Gasteiger partial charge in [0.2, 0.25) is 5.82 Å². The van der Waals surface area contributed by atoms with Gasteiger partial charge < -0.3 is 10.4 Å². The summed E-state index contributed by atoms with van der Waals surface area (Å²) in [5.74, 6) is -1.76. The van der Waals surface area contributed by atoms with Gasteiger partial charge in [0.15, 0.2) is 0 Å². The number of carbonyl (C=O) groups is 1. The molecule has 0 fully saturated rings. The molecule has 2 N–H and O–H groups in total. The molecule has 0 aliphatic heterocycles. The quantitative estimate of drug-likeness (QED) is 0.623. The van der Waals surface area contributed by atoms with E-state index in [0.717, 1.165) is 0 Å². The van der Waals surface area contributed by atoms with Gasteiger partial charge in [-0.05, 0) is 11.6 Å². The molecule has 0 aliphatic carbocycles. The van der Waals surface area contributed by atoms with E-state index in [1.54, 1.807) is 30.3 Å². The van der Waals surface area contributed by atoms with Crippen LogP contribution in [0.5, 0.6) is 0 Å². The molecule has 1 aromatic heterocycles. The lowest BCUT2D eigenvalue weighted by Crippen LogP contribution is -2.21. The van der Waals surface area contributed by atoms with E-state index in [2.05, 4.69) is 10.3 Å². The second-order valence-electron chi connectivity index (χ2n) is 4.31. The van der Waals surface area contributed by atoms with Gasteiger partial charge in [0, 0.05) is 18.8 Å². The van der Waals surface area contributed by atoms with Gasteiger partial charge in [-0.15, -0.1) is 0 Å². The van der Waals surface area contributed by atoms with Crippen LogP contribution < -0.4 is 5.32 Å². The molecule has 1 heterocycles. The Hall–Kier alpha value is -2.96. The van der Waals surface area contributed by atoms with Gasteiger partial charge in [0.25, 0.3) is 0 Å². The average molecular weight is 287 g/mol. The maximum absolute atomic E-state index is 11.3. The summed E-state index contributed by atoms with van der Waals surface area (Å²) in [7, 11) is 0. The van der Waals surface area contributed by atoms with Crippen LogP contribution in [-0.2, 0) is 4.79 Å². The van der Waals surface area contributed by atoms with Gasteiger partial charge >= 0.3 is 11.7 Å². The van der Waals surface area contributed by atoms with Crippen molar-refractivity contribution in [1.29, 1.82) is 0 Å². The van der Waals surface area contributed by atoms with Gasteiger partial charge in [0.05, 0.1) is 10.8 Å². The predicted octanol–water partition coefficient (Wildman–Crippen LogP) is 2.27. The zero-order valence-corrected chi connectivity index (χ0v) is 11.0. The van der Waals surface area contributed by atoms with Crippen LogP contribution >= 0.6 is 0 Å². The number of carboxylic acid groups (broad SMARTS) is 1. The molecule has 1 aromatic carbocycles. The number of anilines is 1. The Balaban J connectivity index is 2.17. The molecule has 2 rings (SSSR count). The first-order valence-corrected chi connectivity index (χ1v) is 6.20. The first-order chi connectivity index (χ1) is 10.1. The van der Waals surface area contributed by atoms with Gasteiger partial charge in [-0.2, -0.15) is 0 Å². The van der Waals surface area contributed by atoms with Gasteiger partial charge in [-0.3, -0.25) is 14.9 Å². The first-order valence-electron chi connectivity index (χ1n) is 6.20. The Kier molecular flexibility index (Phi) is 4.45. The minimum Gasteiger partial charge on any atom is -0.481 e. The lowest BCUT2D eigenvalue weighted by atomic mass is 9.99. The fraction of sp³-hybridized carbons (Fsp3) is 0.143. The minimum atomic E-state index is -1.01. The molecular weight excluding hydrogens is 274 g/mol. The van der Waals surface area contributed by atoms with Crippen LogP contribution in [0.2, 0.25) is 0 Å². The Morgan fingerprint density at radius 1 is 1.29 bits per heavy atom. The van der Waals surface area contributed by atoms with Gasteiger partial charge in [-0.25, -0.2) is 4.98 Å². The van der Waals surface area contributed by atoms with Crippen LogP contribution in [0.3, 0.4) is 0 Å². The average Bonchev–Trinajstić information content (AvgIpc) is 2.48. The van der Waals surface area contributed by atoms with E-state index >= 15 is 0 Å². The van der Waals surface area contributed by atoms with Crippen molar-refractivity contribution in [3.05, 3.63) is 64.3 Å². The van der Waals surface area contributed by atoms with Crippen molar-refractivity contribution in [1.82, 2.24) is 4.98 Å². The van der Waals surface area contributed by atoms with Crippen molar-refractivity contribution < 1.29 is 14.8 Å². The number of nitrogens with zero attached hydrogens (tertiary/aromatic N) is 2. The second kappa shape index (κ2) is 6.47. The topological polar surface area (TPSA) is 105 Å². The Bertz CT molecular complexity index is 646. The maximum atomic E-state index is 11.3. The van der Waals surface area contributed by atoms with Crippen molar-refractivity contribution in [2.24, 2.45) is 0 Å². The lowest BCUT2D eigenvalue weighted by molar-refractivity contribution is -0.384. The number of aromatic nitrogens is 1. The molecule has 1 unspecified atom stereocenters. The SMILES string of the molecule is O=C(O)C(CNc1ncccc1[N+](=O)[O-])c1ccccc1. The highest BCUT2D eigenvalue weighted by atomic mass is 16.6. The number of carboxylic acids is 1. The first kappa shape index (κ1) is 14.4. The van der Waals surface area contributed by atoms with E-state index in [0.29, 0.717) is 5.56 Å². The molecule has 21 heavy (non-hydrogen) atoms. The standard InChI is InChI=1S/C14H13N3O4/c18-14(19)11(10-5-2-1-3-6-10)9-16-13-12(17(20)21)7-4-8-15-13/h1-8,11H,9H2,(H,15,16)(H,18,19). The number of nitrogens with one attached hydrogen (secondary N) is 1. The third-order valence-corrected chi connectivity index (χ3v) is 2.96. The highest BCUT2D eigenvalue weighted by Gasteiger charge is 2.21. The summed E-state index contributed by atoms with van der Waals surface area (Å²) in [6, 6.07) is 11.5. The minimum absolute atomic E-state index is 0.0111. The van der Waals surface area contributed by atoms with Crippen LogP contribution in [0.1, 0.15) is 11.5 Å². The molecule has 0 aliphatic rings. The van der Waals surface area contributed by atoms with Gasteiger partial charge in [-0.1, -0.05) is 30.3 Å². The fourth-order valence-electron chi connectivity index (χ4n) is 1.91. The van der Waals surface area contributed by atoms with Crippen LogP contribution in [0.4, 0.5) is 11.5 Å². The third kappa shape index (κ3) is 3.53. The van der Waals surface area contributed by atoms with E-state index in [1.165, 1.54) is 18.3 Å². The van der Waals surface area contributed by atoms with E-state index in [-0.39, 0.29) is 18.1 Å². The fourth-order valence-corrected chi connectivity index (χ4v) is 1.91. The maximum Gasteiger partial charge on any atom is 0.312 e. The van der Waals surface area contributed by atoms with Crippen molar-refractivity contribution in [2.45, 2.75) is 5.92 Å². The second-order valence-corrected chi connectivity index (χ2v) is 4.31.